The van der Waals surface area contributed by atoms with Gasteiger partial charge < -0.3 is 15.3 Å². The molecular weight excluding hydrogens is 236 g/mol. The number of hydrogen-bond acceptors (Lipinski definition) is 3. The second-order valence-corrected chi connectivity index (χ2v) is 6.77. The number of rotatable bonds is 9. The highest BCUT2D eigenvalue weighted by Gasteiger charge is 2.41. The number of nitrogens with zero attached hydrogens (tertiary/aromatic N) is 1. The molecule has 0 aromatic heterocycles. The van der Waals surface area contributed by atoms with Crippen LogP contribution in [0.3, 0.4) is 0 Å². The summed E-state index contributed by atoms with van der Waals surface area (Å²) in [5.41, 5.74) is 0.00861. The summed E-state index contributed by atoms with van der Waals surface area (Å²) in [6.45, 7) is 10.4. The summed E-state index contributed by atoms with van der Waals surface area (Å²) < 4.78 is 0. The van der Waals surface area contributed by atoms with Gasteiger partial charge in [0.1, 0.15) is 0 Å². The summed E-state index contributed by atoms with van der Waals surface area (Å²) in [5, 5.41) is 13.5. The third-order valence-electron chi connectivity index (χ3n) is 4.50. The van der Waals surface area contributed by atoms with E-state index in [1.165, 1.54) is 25.8 Å². The van der Waals surface area contributed by atoms with Crippen LogP contribution in [-0.4, -0.2) is 48.8 Å². The number of aliphatic hydroxyl groups is 1. The molecule has 19 heavy (non-hydrogen) atoms. The average Bonchev–Trinajstić information content (AvgIpc) is 2.76. The van der Waals surface area contributed by atoms with Crippen molar-refractivity contribution in [3.8, 4) is 0 Å². The third-order valence-corrected chi connectivity index (χ3v) is 4.50. The van der Waals surface area contributed by atoms with Crippen LogP contribution in [0.25, 0.3) is 0 Å². The molecule has 1 aliphatic carbocycles. The second-order valence-electron chi connectivity index (χ2n) is 6.77. The molecule has 0 saturated heterocycles. The molecule has 0 heterocycles. The standard InChI is InChI=1S/C16H34N2O/c1-5-10-17-16(13-19)9-6-7-15(16)8-11-18(4)12-14(2)3/h14-15,17,19H,5-13H2,1-4H3. The second kappa shape index (κ2) is 8.23. The molecule has 1 fully saturated rings. The van der Waals surface area contributed by atoms with Gasteiger partial charge in [0.05, 0.1) is 6.61 Å². The molecule has 0 amide bonds. The lowest BCUT2D eigenvalue weighted by Crippen LogP contribution is -2.52. The van der Waals surface area contributed by atoms with Crippen molar-refractivity contribution in [3.63, 3.8) is 0 Å². The van der Waals surface area contributed by atoms with Crippen molar-refractivity contribution in [2.75, 3.05) is 33.3 Å². The molecule has 0 spiro atoms. The van der Waals surface area contributed by atoms with E-state index < -0.39 is 0 Å². The molecule has 1 aliphatic rings. The van der Waals surface area contributed by atoms with Crippen LogP contribution in [0.1, 0.15) is 52.9 Å². The summed E-state index contributed by atoms with van der Waals surface area (Å²) in [7, 11) is 2.22. The maximum absolute atomic E-state index is 9.85. The van der Waals surface area contributed by atoms with E-state index in [0.29, 0.717) is 12.5 Å². The predicted octanol–water partition coefficient (Wildman–Crippen LogP) is 2.50. The number of hydrogen-bond donors (Lipinski definition) is 2. The van der Waals surface area contributed by atoms with Crippen LogP contribution in [0, 0.1) is 11.8 Å². The molecule has 3 heteroatoms. The maximum Gasteiger partial charge on any atom is 0.0616 e. The molecule has 0 radical (unpaired) electrons. The quantitative estimate of drug-likeness (QED) is 0.676. The summed E-state index contributed by atoms with van der Waals surface area (Å²) in [6.07, 6.45) is 6.02. The van der Waals surface area contributed by atoms with Gasteiger partial charge in [-0.15, -0.1) is 0 Å². The van der Waals surface area contributed by atoms with Gasteiger partial charge >= 0.3 is 0 Å². The van der Waals surface area contributed by atoms with Crippen molar-refractivity contribution >= 4 is 0 Å². The predicted molar refractivity (Wildman–Crippen MR) is 82.4 cm³/mol. The zero-order valence-corrected chi connectivity index (χ0v) is 13.4. The van der Waals surface area contributed by atoms with Crippen LogP contribution in [0.15, 0.2) is 0 Å². The van der Waals surface area contributed by atoms with Gasteiger partial charge in [-0.05, 0) is 57.7 Å². The van der Waals surface area contributed by atoms with Gasteiger partial charge in [0.15, 0.2) is 0 Å². The monoisotopic (exact) mass is 270 g/mol. The van der Waals surface area contributed by atoms with Crippen molar-refractivity contribution in [2.45, 2.75) is 58.4 Å². The van der Waals surface area contributed by atoms with E-state index in [0.717, 1.165) is 31.8 Å². The lowest BCUT2D eigenvalue weighted by molar-refractivity contribution is 0.112. The topological polar surface area (TPSA) is 35.5 Å². The summed E-state index contributed by atoms with van der Waals surface area (Å²) in [5.74, 6) is 1.37. The lowest BCUT2D eigenvalue weighted by atomic mass is 9.85. The van der Waals surface area contributed by atoms with Gasteiger partial charge in [-0.3, -0.25) is 0 Å². The Bertz CT molecular complexity index is 245. The van der Waals surface area contributed by atoms with Gasteiger partial charge in [0.2, 0.25) is 0 Å². The van der Waals surface area contributed by atoms with Crippen molar-refractivity contribution in [1.82, 2.24) is 10.2 Å². The highest BCUT2D eigenvalue weighted by atomic mass is 16.3. The SMILES string of the molecule is CCCNC1(CO)CCCC1CCN(C)CC(C)C. The minimum Gasteiger partial charge on any atom is -0.394 e. The molecular formula is C16H34N2O. The van der Waals surface area contributed by atoms with Crippen LogP contribution in [0.2, 0.25) is 0 Å². The van der Waals surface area contributed by atoms with Gasteiger partial charge in [-0.25, -0.2) is 0 Å². The Morgan fingerprint density at radius 3 is 2.74 bits per heavy atom. The molecule has 0 aromatic rings. The van der Waals surface area contributed by atoms with Crippen LogP contribution in [0.4, 0.5) is 0 Å². The molecule has 2 N–H and O–H groups in total. The first kappa shape index (κ1) is 16.9. The van der Waals surface area contributed by atoms with Crippen molar-refractivity contribution in [2.24, 2.45) is 11.8 Å². The minimum atomic E-state index is 0.00861. The van der Waals surface area contributed by atoms with Gasteiger partial charge in [0, 0.05) is 12.1 Å². The largest absolute Gasteiger partial charge is 0.394 e. The van der Waals surface area contributed by atoms with E-state index in [1.807, 2.05) is 0 Å². The summed E-state index contributed by atoms with van der Waals surface area (Å²) in [4.78, 5) is 2.44. The average molecular weight is 270 g/mol. The summed E-state index contributed by atoms with van der Waals surface area (Å²) >= 11 is 0. The maximum atomic E-state index is 9.85. The number of nitrogens with one attached hydrogen (secondary N) is 1. The van der Waals surface area contributed by atoms with E-state index in [1.54, 1.807) is 0 Å². The van der Waals surface area contributed by atoms with Gasteiger partial charge in [-0.2, -0.15) is 0 Å². The molecule has 2 atom stereocenters. The lowest BCUT2D eigenvalue weighted by Gasteiger charge is -2.36. The van der Waals surface area contributed by atoms with Gasteiger partial charge in [-0.1, -0.05) is 27.2 Å². The molecule has 0 bridgehead atoms. The fraction of sp³-hybridized carbons (Fsp3) is 1.00. The van der Waals surface area contributed by atoms with E-state index in [2.05, 4.69) is 38.0 Å². The molecule has 0 aromatic carbocycles. The van der Waals surface area contributed by atoms with E-state index >= 15 is 0 Å². The zero-order valence-electron chi connectivity index (χ0n) is 13.4. The third kappa shape index (κ3) is 5.05. The first-order valence-corrected chi connectivity index (χ1v) is 8.08. The normalized spacial score (nSPS) is 27.6. The highest BCUT2D eigenvalue weighted by Crippen LogP contribution is 2.37. The first-order valence-electron chi connectivity index (χ1n) is 8.08. The minimum absolute atomic E-state index is 0.00861. The first-order chi connectivity index (χ1) is 9.04. The molecule has 0 aliphatic heterocycles. The molecule has 114 valence electrons. The van der Waals surface area contributed by atoms with Crippen molar-refractivity contribution in [3.05, 3.63) is 0 Å². The Hall–Kier alpha value is -0.120. The molecule has 1 rings (SSSR count). The molecule has 1 saturated carbocycles. The van der Waals surface area contributed by atoms with Gasteiger partial charge in [0.25, 0.3) is 0 Å². The van der Waals surface area contributed by atoms with Crippen LogP contribution >= 0.6 is 0 Å². The Balaban J connectivity index is 2.45. The Morgan fingerprint density at radius 1 is 1.42 bits per heavy atom. The van der Waals surface area contributed by atoms with Crippen LogP contribution < -0.4 is 5.32 Å². The fourth-order valence-corrected chi connectivity index (χ4v) is 3.53. The van der Waals surface area contributed by atoms with E-state index in [9.17, 15) is 5.11 Å². The highest BCUT2D eigenvalue weighted by molar-refractivity contribution is 4.99. The zero-order chi connectivity index (χ0) is 14.3. The Morgan fingerprint density at radius 2 is 2.16 bits per heavy atom. The number of aliphatic hydroxyl groups excluding tert-OH is 1. The molecule has 2 unspecified atom stereocenters. The smallest absolute Gasteiger partial charge is 0.0616 e. The summed E-state index contributed by atoms with van der Waals surface area (Å²) in [6, 6.07) is 0. The van der Waals surface area contributed by atoms with Crippen LogP contribution in [-0.2, 0) is 0 Å². The fourth-order valence-electron chi connectivity index (χ4n) is 3.53. The van der Waals surface area contributed by atoms with E-state index in [4.69, 9.17) is 0 Å². The molecule has 3 nitrogen and oxygen atoms in total. The van der Waals surface area contributed by atoms with Crippen molar-refractivity contribution in [1.29, 1.82) is 0 Å². The van der Waals surface area contributed by atoms with Crippen molar-refractivity contribution < 1.29 is 5.11 Å². The Kier molecular flexibility index (Phi) is 7.33. The Labute approximate surface area is 119 Å². The van der Waals surface area contributed by atoms with Crippen LogP contribution in [0.5, 0.6) is 0 Å². The van der Waals surface area contributed by atoms with E-state index in [-0.39, 0.29) is 5.54 Å².